The normalized spacial score (nSPS) is 28.1. The van der Waals surface area contributed by atoms with Crippen molar-refractivity contribution in [3.63, 3.8) is 0 Å². The van der Waals surface area contributed by atoms with E-state index in [2.05, 4.69) is 0 Å². The summed E-state index contributed by atoms with van der Waals surface area (Å²) in [7, 11) is 0. The largest absolute Gasteiger partial charge is 0.340 e. The molecule has 1 aliphatic heterocycles. The van der Waals surface area contributed by atoms with Gasteiger partial charge in [0.15, 0.2) is 0 Å². The number of carbonyl (C=O) groups excluding carboxylic acids is 3. The van der Waals surface area contributed by atoms with E-state index in [0.29, 0.717) is 6.04 Å². The van der Waals surface area contributed by atoms with E-state index in [-0.39, 0.29) is 42.5 Å². The van der Waals surface area contributed by atoms with E-state index in [4.69, 9.17) is 0 Å². The Hall–Kier alpha value is -1.39. The molecule has 1 heterocycles. The van der Waals surface area contributed by atoms with Crippen molar-refractivity contribution in [2.45, 2.75) is 77.2 Å². The quantitative estimate of drug-likeness (QED) is 0.726. The fraction of sp³-hybridized carbons (Fsp3) is 0.842. The smallest absolute Gasteiger partial charge is 0.233 e. The number of hydrogen-bond donors (Lipinski definition) is 0. The summed E-state index contributed by atoms with van der Waals surface area (Å²) in [6.07, 6.45) is 9.86. The molecule has 0 aromatic heterocycles. The van der Waals surface area contributed by atoms with Crippen LogP contribution in [0.1, 0.15) is 71.1 Å². The highest BCUT2D eigenvalue weighted by molar-refractivity contribution is 6.05. The zero-order valence-corrected chi connectivity index (χ0v) is 14.8. The lowest BCUT2D eigenvalue weighted by atomic mass is 9.81. The van der Waals surface area contributed by atoms with Crippen molar-refractivity contribution in [1.29, 1.82) is 0 Å². The Bertz CT molecular complexity index is 475. The highest BCUT2D eigenvalue weighted by atomic mass is 16.2. The fourth-order valence-electron chi connectivity index (χ4n) is 4.83. The van der Waals surface area contributed by atoms with Crippen LogP contribution in [0.5, 0.6) is 0 Å². The summed E-state index contributed by atoms with van der Waals surface area (Å²) in [5.41, 5.74) is 0. The van der Waals surface area contributed by atoms with E-state index in [0.717, 1.165) is 45.1 Å². The van der Waals surface area contributed by atoms with Crippen LogP contribution in [0.15, 0.2) is 0 Å². The molecule has 3 rings (SSSR count). The van der Waals surface area contributed by atoms with Crippen LogP contribution in [0, 0.1) is 11.8 Å². The zero-order chi connectivity index (χ0) is 17.1. The molecule has 134 valence electrons. The third-order valence-corrected chi connectivity index (χ3v) is 6.16. The van der Waals surface area contributed by atoms with Crippen LogP contribution in [-0.4, -0.2) is 46.7 Å². The maximum atomic E-state index is 12.6. The molecule has 0 unspecified atom stereocenters. The minimum Gasteiger partial charge on any atom is -0.340 e. The monoisotopic (exact) mass is 334 g/mol. The number of nitrogens with zero attached hydrogens (tertiary/aromatic N) is 2. The average Bonchev–Trinajstić information content (AvgIpc) is 2.86. The Kier molecular flexibility index (Phi) is 5.57. The summed E-state index contributed by atoms with van der Waals surface area (Å²) >= 11 is 0. The molecule has 0 aromatic rings. The molecule has 0 bridgehead atoms. The Balaban J connectivity index is 1.57. The first kappa shape index (κ1) is 17.4. The number of hydrogen-bond acceptors (Lipinski definition) is 3. The van der Waals surface area contributed by atoms with Crippen molar-refractivity contribution < 1.29 is 14.4 Å². The number of carbonyl (C=O) groups is 3. The molecule has 0 aromatic carbocycles. The SMILES string of the molecule is CCN(C(=O)CCN1C(=O)[C@@H]2CCCC[C@H]2C1=O)C1CCCCC1. The van der Waals surface area contributed by atoms with Gasteiger partial charge in [-0.1, -0.05) is 32.1 Å². The molecule has 5 nitrogen and oxygen atoms in total. The zero-order valence-electron chi connectivity index (χ0n) is 14.8. The van der Waals surface area contributed by atoms with Crippen LogP contribution >= 0.6 is 0 Å². The van der Waals surface area contributed by atoms with Gasteiger partial charge in [0, 0.05) is 25.6 Å². The molecule has 2 atom stereocenters. The Morgan fingerprint density at radius 1 is 0.958 bits per heavy atom. The van der Waals surface area contributed by atoms with Crippen molar-refractivity contribution in [2.24, 2.45) is 11.8 Å². The van der Waals surface area contributed by atoms with E-state index in [1.54, 1.807) is 0 Å². The van der Waals surface area contributed by atoms with E-state index in [1.165, 1.54) is 24.2 Å². The number of rotatable bonds is 5. The van der Waals surface area contributed by atoms with Gasteiger partial charge in [0.05, 0.1) is 11.8 Å². The summed E-state index contributed by atoms with van der Waals surface area (Å²) in [4.78, 5) is 41.0. The molecular weight excluding hydrogens is 304 g/mol. The summed E-state index contributed by atoms with van der Waals surface area (Å²) in [5.74, 6) is -0.180. The van der Waals surface area contributed by atoms with Crippen molar-refractivity contribution in [3.8, 4) is 0 Å². The molecule has 0 N–H and O–H groups in total. The maximum absolute atomic E-state index is 12.6. The molecule has 0 radical (unpaired) electrons. The van der Waals surface area contributed by atoms with E-state index >= 15 is 0 Å². The summed E-state index contributed by atoms with van der Waals surface area (Å²) in [5, 5.41) is 0. The lowest BCUT2D eigenvalue weighted by Gasteiger charge is -2.34. The fourth-order valence-corrected chi connectivity index (χ4v) is 4.83. The van der Waals surface area contributed by atoms with Crippen LogP contribution in [-0.2, 0) is 14.4 Å². The molecule has 2 aliphatic carbocycles. The molecule has 0 spiro atoms. The number of imide groups is 1. The van der Waals surface area contributed by atoms with Crippen LogP contribution in [0.2, 0.25) is 0 Å². The third kappa shape index (κ3) is 3.35. The Morgan fingerprint density at radius 3 is 2.04 bits per heavy atom. The predicted octanol–water partition coefficient (Wildman–Crippen LogP) is 2.73. The molecule has 3 aliphatic rings. The Labute approximate surface area is 144 Å². The summed E-state index contributed by atoms with van der Waals surface area (Å²) in [6, 6.07) is 0.351. The number of amides is 3. The second-order valence-electron chi connectivity index (χ2n) is 7.55. The lowest BCUT2D eigenvalue weighted by molar-refractivity contribution is -0.141. The van der Waals surface area contributed by atoms with Gasteiger partial charge in [0.1, 0.15) is 0 Å². The standard InChI is InChI=1S/C19H30N2O3/c1-2-20(14-8-4-3-5-9-14)17(22)12-13-21-18(23)15-10-6-7-11-16(15)19(21)24/h14-16H,2-13H2,1H3/t15-,16-/m1/s1. The molecule has 1 saturated heterocycles. The predicted molar refractivity (Wildman–Crippen MR) is 91.0 cm³/mol. The second-order valence-corrected chi connectivity index (χ2v) is 7.55. The van der Waals surface area contributed by atoms with Gasteiger partial charge >= 0.3 is 0 Å². The molecule has 3 fully saturated rings. The first-order valence-corrected chi connectivity index (χ1v) is 9.78. The van der Waals surface area contributed by atoms with Crippen molar-refractivity contribution in [1.82, 2.24) is 9.80 Å². The second kappa shape index (κ2) is 7.66. The van der Waals surface area contributed by atoms with Crippen LogP contribution in [0.3, 0.4) is 0 Å². The lowest BCUT2D eigenvalue weighted by Crippen LogP contribution is -2.43. The molecule has 3 amide bonds. The molecule has 5 heteroatoms. The average molecular weight is 334 g/mol. The maximum Gasteiger partial charge on any atom is 0.233 e. The minimum absolute atomic E-state index is 0.0294. The molecular formula is C19H30N2O3. The van der Waals surface area contributed by atoms with Gasteiger partial charge in [0.25, 0.3) is 0 Å². The van der Waals surface area contributed by atoms with Crippen LogP contribution in [0.25, 0.3) is 0 Å². The van der Waals surface area contributed by atoms with E-state index in [1.807, 2.05) is 11.8 Å². The first-order chi connectivity index (χ1) is 11.6. The highest BCUT2D eigenvalue weighted by Gasteiger charge is 2.47. The van der Waals surface area contributed by atoms with Gasteiger partial charge in [-0.25, -0.2) is 0 Å². The van der Waals surface area contributed by atoms with Gasteiger partial charge in [-0.15, -0.1) is 0 Å². The third-order valence-electron chi connectivity index (χ3n) is 6.16. The Morgan fingerprint density at radius 2 is 1.50 bits per heavy atom. The van der Waals surface area contributed by atoms with Gasteiger partial charge in [-0.2, -0.15) is 0 Å². The van der Waals surface area contributed by atoms with Crippen molar-refractivity contribution in [2.75, 3.05) is 13.1 Å². The van der Waals surface area contributed by atoms with E-state index < -0.39 is 0 Å². The van der Waals surface area contributed by atoms with Gasteiger partial charge in [0.2, 0.25) is 17.7 Å². The van der Waals surface area contributed by atoms with E-state index in [9.17, 15) is 14.4 Å². The summed E-state index contributed by atoms with van der Waals surface area (Å²) < 4.78 is 0. The number of likely N-dealkylation sites (tertiary alicyclic amines) is 1. The van der Waals surface area contributed by atoms with Gasteiger partial charge in [-0.05, 0) is 32.6 Å². The van der Waals surface area contributed by atoms with Crippen LogP contribution in [0.4, 0.5) is 0 Å². The highest BCUT2D eigenvalue weighted by Crippen LogP contribution is 2.38. The first-order valence-electron chi connectivity index (χ1n) is 9.78. The molecule has 2 saturated carbocycles. The minimum atomic E-state index is -0.109. The number of fused-ring (bicyclic) bond motifs is 1. The van der Waals surface area contributed by atoms with Crippen molar-refractivity contribution in [3.05, 3.63) is 0 Å². The van der Waals surface area contributed by atoms with Crippen LogP contribution < -0.4 is 0 Å². The topological polar surface area (TPSA) is 57.7 Å². The summed E-state index contributed by atoms with van der Waals surface area (Å²) in [6.45, 7) is 3.01. The van der Waals surface area contributed by atoms with Gasteiger partial charge in [-0.3, -0.25) is 19.3 Å². The van der Waals surface area contributed by atoms with Crippen molar-refractivity contribution >= 4 is 17.7 Å². The molecule has 24 heavy (non-hydrogen) atoms. The van der Waals surface area contributed by atoms with Gasteiger partial charge < -0.3 is 4.90 Å².